The quantitative estimate of drug-likeness (QED) is 0.816. The van der Waals surface area contributed by atoms with Gasteiger partial charge in [-0.05, 0) is 18.6 Å². The normalized spacial score (nSPS) is 23.3. The van der Waals surface area contributed by atoms with E-state index in [0.717, 1.165) is 12.1 Å². The minimum atomic E-state index is -0.257. The van der Waals surface area contributed by atoms with Crippen molar-refractivity contribution in [1.29, 1.82) is 0 Å². The van der Waals surface area contributed by atoms with Crippen LogP contribution in [0.2, 0.25) is 0 Å². The molecule has 1 aromatic carbocycles. The van der Waals surface area contributed by atoms with Crippen LogP contribution in [0.4, 0.5) is 5.69 Å². The van der Waals surface area contributed by atoms with Gasteiger partial charge in [0, 0.05) is 43.1 Å². The average molecular weight is 352 g/mol. The minimum absolute atomic E-state index is 0.0469. The standard InChI is InChI=1S/C19H20N4O3/c24-17-10-26-13-19(12-23(17)16-4-2-1-3-5-16)6-7-22(11-19)18(25)15-8-20-14-21-9-15/h1-5,8-9,14H,6-7,10-13H2. The molecule has 7 nitrogen and oxygen atoms in total. The summed E-state index contributed by atoms with van der Waals surface area (Å²) in [5, 5.41) is 0. The predicted molar refractivity (Wildman–Crippen MR) is 94.6 cm³/mol. The van der Waals surface area contributed by atoms with Crippen molar-refractivity contribution in [3.63, 3.8) is 0 Å². The number of carbonyl (C=O) groups excluding carboxylic acids is 2. The number of amides is 2. The lowest BCUT2D eigenvalue weighted by molar-refractivity contribution is -0.122. The largest absolute Gasteiger partial charge is 0.371 e. The van der Waals surface area contributed by atoms with Gasteiger partial charge < -0.3 is 14.5 Å². The second kappa shape index (κ2) is 6.84. The highest BCUT2D eigenvalue weighted by molar-refractivity contribution is 5.95. The Hall–Kier alpha value is -2.80. The first kappa shape index (κ1) is 16.7. The average Bonchev–Trinajstić information content (AvgIpc) is 3.03. The van der Waals surface area contributed by atoms with Gasteiger partial charge in [0.1, 0.15) is 12.9 Å². The Morgan fingerprint density at radius 3 is 2.65 bits per heavy atom. The van der Waals surface area contributed by atoms with Crippen molar-refractivity contribution in [3.8, 4) is 0 Å². The van der Waals surface area contributed by atoms with Gasteiger partial charge in [0.2, 0.25) is 0 Å². The number of para-hydroxylation sites is 1. The van der Waals surface area contributed by atoms with E-state index in [9.17, 15) is 9.59 Å². The molecule has 26 heavy (non-hydrogen) atoms. The Morgan fingerprint density at radius 1 is 1.12 bits per heavy atom. The molecule has 7 heteroatoms. The highest BCUT2D eigenvalue weighted by Gasteiger charge is 2.44. The summed E-state index contributed by atoms with van der Waals surface area (Å²) in [5.41, 5.74) is 1.09. The number of hydrogen-bond acceptors (Lipinski definition) is 5. The first-order chi connectivity index (χ1) is 12.7. The second-order valence-corrected chi connectivity index (χ2v) is 6.91. The van der Waals surface area contributed by atoms with Crippen LogP contribution in [0.5, 0.6) is 0 Å². The molecule has 0 bridgehead atoms. The fourth-order valence-electron chi connectivity index (χ4n) is 3.69. The van der Waals surface area contributed by atoms with Crippen LogP contribution < -0.4 is 4.90 Å². The number of hydrogen-bond donors (Lipinski definition) is 0. The molecule has 0 saturated carbocycles. The van der Waals surface area contributed by atoms with E-state index >= 15 is 0 Å². The zero-order valence-corrected chi connectivity index (χ0v) is 14.4. The van der Waals surface area contributed by atoms with Gasteiger partial charge in [-0.15, -0.1) is 0 Å². The van der Waals surface area contributed by atoms with Crippen LogP contribution in [0.3, 0.4) is 0 Å². The number of nitrogens with zero attached hydrogens (tertiary/aromatic N) is 4. The molecule has 3 heterocycles. The molecule has 4 rings (SSSR count). The Bertz CT molecular complexity index is 799. The van der Waals surface area contributed by atoms with E-state index < -0.39 is 0 Å². The first-order valence-electron chi connectivity index (χ1n) is 8.64. The number of benzene rings is 1. The van der Waals surface area contributed by atoms with Crippen molar-refractivity contribution in [2.24, 2.45) is 5.41 Å². The second-order valence-electron chi connectivity index (χ2n) is 6.91. The lowest BCUT2D eigenvalue weighted by atomic mass is 9.87. The lowest BCUT2D eigenvalue weighted by Crippen LogP contribution is -2.43. The maximum Gasteiger partial charge on any atom is 0.257 e. The SMILES string of the molecule is O=C(c1cncnc1)N1CCC2(COCC(=O)N(c3ccccc3)C2)C1. The molecular weight excluding hydrogens is 332 g/mol. The molecule has 2 amide bonds. The van der Waals surface area contributed by atoms with E-state index in [1.807, 2.05) is 30.3 Å². The molecule has 1 atom stereocenters. The van der Waals surface area contributed by atoms with E-state index in [4.69, 9.17) is 4.74 Å². The van der Waals surface area contributed by atoms with Crippen LogP contribution in [-0.4, -0.2) is 59.5 Å². The molecule has 1 unspecified atom stereocenters. The van der Waals surface area contributed by atoms with Gasteiger partial charge >= 0.3 is 0 Å². The topological polar surface area (TPSA) is 75.6 Å². The van der Waals surface area contributed by atoms with Gasteiger partial charge in [0.25, 0.3) is 11.8 Å². The summed E-state index contributed by atoms with van der Waals surface area (Å²) < 4.78 is 5.68. The van der Waals surface area contributed by atoms with Crippen molar-refractivity contribution >= 4 is 17.5 Å². The number of aromatic nitrogens is 2. The molecule has 2 fully saturated rings. The molecule has 2 saturated heterocycles. The highest BCUT2D eigenvalue weighted by Crippen LogP contribution is 2.35. The zero-order chi connectivity index (χ0) is 18.0. The number of likely N-dealkylation sites (tertiary alicyclic amines) is 1. The van der Waals surface area contributed by atoms with Crippen molar-refractivity contribution in [2.75, 3.05) is 37.7 Å². The molecule has 0 aliphatic carbocycles. The zero-order valence-electron chi connectivity index (χ0n) is 14.4. The van der Waals surface area contributed by atoms with Gasteiger partial charge in [-0.1, -0.05) is 18.2 Å². The Balaban J connectivity index is 1.55. The summed E-state index contributed by atoms with van der Waals surface area (Å²) in [5.74, 6) is -0.126. The number of carbonyl (C=O) groups is 2. The number of anilines is 1. The van der Waals surface area contributed by atoms with Crippen LogP contribution in [0, 0.1) is 5.41 Å². The van der Waals surface area contributed by atoms with E-state index in [1.165, 1.54) is 18.7 Å². The smallest absolute Gasteiger partial charge is 0.257 e. The van der Waals surface area contributed by atoms with Crippen LogP contribution in [-0.2, 0) is 9.53 Å². The molecule has 2 aliphatic heterocycles. The van der Waals surface area contributed by atoms with Crippen LogP contribution in [0.1, 0.15) is 16.8 Å². The molecule has 1 spiro atoms. The molecule has 0 radical (unpaired) electrons. The summed E-state index contributed by atoms with van der Waals surface area (Å²) >= 11 is 0. The van der Waals surface area contributed by atoms with Gasteiger partial charge in [-0.2, -0.15) is 0 Å². The number of ether oxygens (including phenoxy) is 1. The van der Waals surface area contributed by atoms with Gasteiger partial charge in [0.05, 0.1) is 12.2 Å². The molecule has 0 N–H and O–H groups in total. The van der Waals surface area contributed by atoms with Crippen LogP contribution >= 0.6 is 0 Å². The molecule has 134 valence electrons. The monoisotopic (exact) mass is 352 g/mol. The molecule has 2 aromatic rings. The Morgan fingerprint density at radius 2 is 1.88 bits per heavy atom. The lowest BCUT2D eigenvalue weighted by Gasteiger charge is -2.31. The summed E-state index contributed by atoms with van der Waals surface area (Å²) in [6.07, 6.45) is 5.27. The highest BCUT2D eigenvalue weighted by atomic mass is 16.5. The predicted octanol–water partition coefficient (Wildman–Crippen LogP) is 1.37. The van der Waals surface area contributed by atoms with E-state index in [2.05, 4.69) is 9.97 Å². The third-order valence-corrected chi connectivity index (χ3v) is 5.03. The third-order valence-electron chi connectivity index (χ3n) is 5.03. The van der Waals surface area contributed by atoms with E-state index in [-0.39, 0.29) is 23.8 Å². The summed E-state index contributed by atoms with van der Waals surface area (Å²) in [4.78, 5) is 36.6. The summed E-state index contributed by atoms with van der Waals surface area (Å²) in [7, 11) is 0. The number of rotatable bonds is 2. The maximum absolute atomic E-state index is 12.7. The fraction of sp³-hybridized carbons (Fsp3) is 0.368. The first-order valence-corrected chi connectivity index (χ1v) is 8.64. The van der Waals surface area contributed by atoms with Crippen molar-refractivity contribution < 1.29 is 14.3 Å². The van der Waals surface area contributed by atoms with E-state index in [0.29, 0.717) is 31.8 Å². The molecular formula is C19H20N4O3. The van der Waals surface area contributed by atoms with Crippen molar-refractivity contribution in [3.05, 3.63) is 54.6 Å². The Kier molecular flexibility index (Phi) is 4.38. The molecule has 2 aliphatic rings. The van der Waals surface area contributed by atoms with Gasteiger partial charge in [0.15, 0.2) is 0 Å². The minimum Gasteiger partial charge on any atom is -0.371 e. The van der Waals surface area contributed by atoms with Crippen LogP contribution in [0.25, 0.3) is 0 Å². The van der Waals surface area contributed by atoms with Crippen molar-refractivity contribution in [2.45, 2.75) is 6.42 Å². The van der Waals surface area contributed by atoms with Gasteiger partial charge in [-0.3, -0.25) is 9.59 Å². The van der Waals surface area contributed by atoms with Gasteiger partial charge in [-0.25, -0.2) is 9.97 Å². The van der Waals surface area contributed by atoms with Crippen LogP contribution in [0.15, 0.2) is 49.1 Å². The molecule has 1 aromatic heterocycles. The summed E-state index contributed by atoms with van der Waals surface area (Å²) in [6.45, 7) is 2.27. The van der Waals surface area contributed by atoms with E-state index in [1.54, 1.807) is 9.80 Å². The Labute approximate surface area is 151 Å². The fourth-order valence-corrected chi connectivity index (χ4v) is 3.69. The van der Waals surface area contributed by atoms with Crippen molar-refractivity contribution in [1.82, 2.24) is 14.9 Å². The summed E-state index contributed by atoms with van der Waals surface area (Å²) in [6, 6.07) is 9.62. The third kappa shape index (κ3) is 3.17. The maximum atomic E-state index is 12.7.